The van der Waals surface area contributed by atoms with Gasteiger partial charge in [0, 0.05) is 35.5 Å². The molecule has 0 aliphatic carbocycles. The van der Waals surface area contributed by atoms with E-state index in [0.29, 0.717) is 11.4 Å². The summed E-state index contributed by atoms with van der Waals surface area (Å²) in [6.07, 6.45) is 0.622. The zero-order chi connectivity index (χ0) is 12.3. The van der Waals surface area contributed by atoms with Crippen LogP contribution in [0.1, 0.15) is 4.88 Å². The van der Waals surface area contributed by atoms with Crippen molar-refractivity contribution in [1.29, 1.82) is 0 Å². The number of aromatic nitrogens is 1. The van der Waals surface area contributed by atoms with Crippen molar-refractivity contribution in [3.8, 4) is 11.3 Å². The summed E-state index contributed by atoms with van der Waals surface area (Å²) >= 11 is 7.43. The molecule has 0 saturated heterocycles. The van der Waals surface area contributed by atoms with Gasteiger partial charge in [-0.25, -0.2) is 4.98 Å². The van der Waals surface area contributed by atoms with Gasteiger partial charge in [-0.15, -0.1) is 11.3 Å². The number of aliphatic hydroxyl groups is 1. The minimum Gasteiger partial charge on any atom is -0.396 e. The van der Waals surface area contributed by atoms with E-state index in [1.54, 1.807) is 11.3 Å². The molecule has 0 amide bonds. The van der Waals surface area contributed by atoms with E-state index in [-0.39, 0.29) is 6.61 Å². The van der Waals surface area contributed by atoms with Gasteiger partial charge in [0.2, 0.25) is 0 Å². The molecule has 0 atom stereocenters. The van der Waals surface area contributed by atoms with Crippen LogP contribution in [0.4, 0.5) is 5.13 Å². The molecule has 0 unspecified atom stereocenters. The van der Waals surface area contributed by atoms with Crippen LogP contribution < -0.4 is 5.32 Å². The standard InChI is InChI=1S/C12H13ClN2OS/c1-14-12-15-11(10(17-12)6-7-16)8-2-4-9(13)5-3-8/h2-5,16H,6-7H2,1H3,(H,14,15). The number of nitrogens with one attached hydrogen (secondary N) is 1. The van der Waals surface area contributed by atoms with Crippen molar-refractivity contribution in [2.45, 2.75) is 6.42 Å². The summed E-state index contributed by atoms with van der Waals surface area (Å²) in [4.78, 5) is 5.58. The van der Waals surface area contributed by atoms with Gasteiger partial charge in [-0.3, -0.25) is 0 Å². The summed E-state index contributed by atoms with van der Waals surface area (Å²) in [5.74, 6) is 0. The highest BCUT2D eigenvalue weighted by molar-refractivity contribution is 7.16. The van der Waals surface area contributed by atoms with Gasteiger partial charge in [-0.1, -0.05) is 23.7 Å². The first-order valence-electron chi connectivity index (χ1n) is 5.29. The van der Waals surface area contributed by atoms with E-state index in [2.05, 4.69) is 10.3 Å². The predicted molar refractivity (Wildman–Crippen MR) is 72.9 cm³/mol. The molecule has 1 heterocycles. The number of anilines is 1. The molecule has 0 aliphatic rings. The lowest BCUT2D eigenvalue weighted by molar-refractivity contribution is 0.300. The van der Waals surface area contributed by atoms with E-state index < -0.39 is 0 Å². The number of thiazole rings is 1. The molecule has 2 rings (SSSR count). The number of rotatable bonds is 4. The Hall–Kier alpha value is -1.10. The third kappa shape index (κ3) is 2.77. The maximum absolute atomic E-state index is 9.05. The molecule has 1 aromatic carbocycles. The molecule has 1 aromatic heterocycles. The Labute approximate surface area is 109 Å². The first-order valence-corrected chi connectivity index (χ1v) is 6.48. The van der Waals surface area contributed by atoms with Crippen LogP contribution in [0.15, 0.2) is 24.3 Å². The molecule has 0 spiro atoms. The van der Waals surface area contributed by atoms with Gasteiger partial charge in [0.1, 0.15) is 0 Å². The first kappa shape index (κ1) is 12.4. The van der Waals surface area contributed by atoms with Gasteiger partial charge in [-0.2, -0.15) is 0 Å². The van der Waals surface area contributed by atoms with Gasteiger partial charge >= 0.3 is 0 Å². The summed E-state index contributed by atoms with van der Waals surface area (Å²) in [5.41, 5.74) is 1.95. The number of benzene rings is 1. The largest absolute Gasteiger partial charge is 0.396 e. The van der Waals surface area contributed by atoms with Crippen LogP contribution in [0, 0.1) is 0 Å². The second kappa shape index (κ2) is 5.49. The Bertz CT molecular complexity index is 496. The molecule has 3 nitrogen and oxygen atoms in total. The molecule has 0 aliphatic heterocycles. The Morgan fingerprint density at radius 3 is 2.65 bits per heavy atom. The van der Waals surface area contributed by atoms with Gasteiger partial charge in [0.25, 0.3) is 0 Å². The van der Waals surface area contributed by atoms with E-state index in [4.69, 9.17) is 16.7 Å². The third-order valence-corrected chi connectivity index (χ3v) is 3.75. The summed E-state index contributed by atoms with van der Waals surface area (Å²) < 4.78 is 0. The Morgan fingerprint density at radius 1 is 1.35 bits per heavy atom. The summed E-state index contributed by atoms with van der Waals surface area (Å²) in [6.45, 7) is 0.131. The second-order valence-electron chi connectivity index (χ2n) is 3.52. The lowest BCUT2D eigenvalue weighted by Crippen LogP contribution is -1.90. The molecule has 17 heavy (non-hydrogen) atoms. The maximum atomic E-state index is 9.05. The van der Waals surface area contributed by atoms with Crippen LogP contribution in [0.3, 0.4) is 0 Å². The molecular weight excluding hydrogens is 256 g/mol. The van der Waals surface area contributed by atoms with E-state index in [1.807, 2.05) is 31.3 Å². The maximum Gasteiger partial charge on any atom is 0.183 e. The Morgan fingerprint density at radius 2 is 2.06 bits per heavy atom. The highest BCUT2D eigenvalue weighted by Crippen LogP contribution is 2.31. The molecule has 0 bridgehead atoms. The lowest BCUT2D eigenvalue weighted by Gasteiger charge is -2.00. The van der Waals surface area contributed by atoms with Crippen molar-refractivity contribution in [3.05, 3.63) is 34.2 Å². The molecule has 0 radical (unpaired) electrons. The molecule has 0 saturated carbocycles. The lowest BCUT2D eigenvalue weighted by atomic mass is 10.1. The molecule has 5 heteroatoms. The van der Waals surface area contributed by atoms with E-state index >= 15 is 0 Å². The van der Waals surface area contributed by atoms with Gasteiger partial charge < -0.3 is 10.4 Å². The molecule has 0 fully saturated rings. The average Bonchev–Trinajstić information content (AvgIpc) is 2.74. The van der Waals surface area contributed by atoms with E-state index in [9.17, 15) is 0 Å². The third-order valence-electron chi connectivity index (χ3n) is 2.37. The summed E-state index contributed by atoms with van der Waals surface area (Å²) in [7, 11) is 1.84. The zero-order valence-electron chi connectivity index (χ0n) is 9.40. The van der Waals surface area contributed by atoms with Crippen LogP contribution >= 0.6 is 22.9 Å². The van der Waals surface area contributed by atoms with E-state index in [1.165, 1.54) is 0 Å². The molecule has 2 N–H and O–H groups in total. The van der Waals surface area contributed by atoms with Crippen LogP contribution in [0.5, 0.6) is 0 Å². The first-order chi connectivity index (χ1) is 8.24. The van der Waals surface area contributed by atoms with Crippen LogP contribution in [0.2, 0.25) is 5.02 Å². The fraction of sp³-hybridized carbons (Fsp3) is 0.250. The highest BCUT2D eigenvalue weighted by atomic mass is 35.5. The minimum atomic E-state index is 0.131. The van der Waals surface area contributed by atoms with Gasteiger partial charge in [0.15, 0.2) is 5.13 Å². The number of nitrogens with zero attached hydrogens (tertiary/aromatic N) is 1. The van der Waals surface area contributed by atoms with Crippen molar-refractivity contribution in [1.82, 2.24) is 4.98 Å². The van der Waals surface area contributed by atoms with Crippen LogP contribution in [0.25, 0.3) is 11.3 Å². The SMILES string of the molecule is CNc1nc(-c2ccc(Cl)cc2)c(CCO)s1. The number of aliphatic hydroxyl groups excluding tert-OH is 1. The van der Waals surface area contributed by atoms with Crippen LogP contribution in [-0.4, -0.2) is 23.7 Å². The molecule has 2 aromatic rings. The fourth-order valence-electron chi connectivity index (χ4n) is 1.56. The highest BCUT2D eigenvalue weighted by Gasteiger charge is 2.11. The van der Waals surface area contributed by atoms with Gasteiger partial charge in [-0.05, 0) is 12.1 Å². The van der Waals surface area contributed by atoms with Gasteiger partial charge in [0.05, 0.1) is 5.69 Å². The predicted octanol–water partition coefficient (Wildman–Crippen LogP) is 3.04. The van der Waals surface area contributed by atoms with Crippen LogP contribution in [-0.2, 0) is 6.42 Å². The summed E-state index contributed by atoms with van der Waals surface area (Å²) in [6, 6.07) is 7.57. The fourth-order valence-corrected chi connectivity index (χ4v) is 2.61. The summed E-state index contributed by atoms with van der Waals surface area (Å²) in [5, 5.41) is 13.7. The van der Waals surface area contributed by atoms with Crippen molar-refractivity contribution in [2.24, 2.45) is 0 Å². The van der Waals surface area contributed by atoms with Crippen molar-refractivity contribution in [3.63, 3.8) is 0 Å². The average molecular weight is 269 g/mol. The van der Waals surface area contributed by atoms with Crippen molar-refractivity contribution in [2.75, 3.05) is 19.0 Å². The molecular formula is C12H13ClN2OS. The Kier molecular flexibility index (Phi) is 3.99. The second-order valence-corrected chi connectivity index (χ2v) is 5.04. The monoisotopic (exact) mass is 268 g/mol. The molecule has 90 valence electrons. The van der Waals surface area contributed by atoms with Crippen molar-refractivity contribution >= 4 is 28.1 Å². The number of hydrogen-bond acceptors (Lipinski definition) is 4. The topological polar surface area (TPSA) is 45.2 Å². The smallest absolute Gasteiger partial charge is 0.183 e. The Balaban J connectivity index is 2.42. The number of halogens is 1. The zero-order valence-corrected chi connectivity index (χ0v) is 11.0. The number of hydrogen-bond donors (Lipinski definition) is 2. The van der Waals surface area contributed by atoms with Crippen molar-refractivity contribution < 1.29 is 5.11 Å². The van der Waals surface area contributed by atoms with E-state index in [0.717, 1.165) is 21.3 Å². The quantitative estimate of drug-likeness (QED) is 0.896. The minimum absolute atomic E-state index is 0.131. The normalized spacial score (nSPS) is 10.5.